The van der Waals surface area contributed by atoms with E-state index in [9.17, 15) is 8.42 Å². The molecule has 0 saturated heterocycles. The molecule has 0 spiro atoms. The zero-order chi connectivity index (χ0) is 24.0. The van der Waals surface area contributed by atoms with Gasteiger partial charge in [-0.1, -0.05) is 65.8 Å². The molecule has 0 amide bonds. The summed E-state index contributed by atoms with van der Waals surface area (Å²) in [6, 6.07) is 17.4. The molecule has 2 aromatic rings. The van der Waals surface area contributed by atoms with Gasteiger partial charge in [0.1, 0.15) is 0 Å². The molecule has 0 radical (unpaired) electrons. The number of nitrogens with zero attached hydrogens (tertiary/aromatic N) is 4. The molecular formula is C23H30ClN5O2S2. The van der Waals surface area contributed by atoms with Crippen LogP contribution in [0.5, 0.6) is 0 Å². The minimum atomic E-state index is -3.88. The Morgan fingerprint density at radius 3 is 2.52 bits per heavy atom. The molecular weight excluding hydrogens is 478 g/mol. The molecule has 0 aliphatic carbocycles. The molecule has 3 rings (SSSR count). The highest BCUT2D eigenvalue weighted by atomic mass is 35.5. The van der Waals surface area contributed by atoms with Crippen molar-refractivity contribution in [1.29, 1.82) is 0 Å². The highest BCUT2D eigenvalue weighted by Crippen LogP contribution is 2.30. The summed E-state index contributed by atoms with van der Waals surface area (Å²) in [7, 11) is 0.0356. The lowest BCUT2D eigenvalue weighted by Gasteiger charge is -2.18. The minimum absolute atomic E-state index is 0.0283. The smallest absolute Gasteiger partial charge is 0.309 e. The molecule has 10 heteroatoms. The predicted octanol–water partition coefficient (Wildman–Crippen LogP) is 4.04. The van der Waals surface area contributed by atoms with E-state index in [0.717, 1.165) is 23.4 Å². The molecule has 0 aromatic heterocycles. The lowest BCUT2D eigenvalue weighted by atomic mass is 9.91. The van der Waals surface area contributed by atoms with Gasteiger partial charge in [-0.15, -0.1) is 4.40 Å². The van der Waals surface area contributed by atoms with Crippen molar-refractivity contribution in [3.05, 3.63) is 70.7 Å². The first-order valence-electron chi connectivity index (χ1n) is 10.7. The van der Waals surface area contributed by atoms with Crippen LogP contribution in [0, 0.1) is 0 Å². The quantitative estimate of drug-likeness (QED) is 0.431. The molecule has 7 nitrogen and oxygen atoms in total. The number of rotatable bonds is 8. The van der Waals surface area contributed by atoms with Gasteiger partial charge in [0, 0.05) is 17.0 Å². The van der Waals surface area contributed by atoms with Gasteiger partial charge in [0.2, 0.25) is 0 Å². The molecule has 1 aliphatic heterocycles. The average molecular weight is 508 g/mol. The van der Waals surface area contributed by atoms with Crippen molar-refractivity contribution < 1.29 is 8.42 Å². The van der Waals surface area contributed by atoms with Crippen LogP contribution in [0.25, 0.3) is 0 Å². The number of halogens is 1. The Hall–Kier alpha value is -1.91. The monoisotopic (exact) mass is 507 g/mol. The number of amidine groups is 1. The fraction of sp³-hybridized carbons (Fsp3) is 0.391. The zero-order valence-electron chi connectivity index (χ0n) is 19.3. The number of hydrazone groups is 1. The van der Waals surface area contributed by atoms with E-state index in [1.54, 1.807) is 11.3 Å². The van der Waals surface area contributed by atoms with E-state index in [-0.39, 0.29) is 12.0 Å². The van der Waals surface area contributed by atoms with Crippen LogP contribution in [0.2, 0.25) is 5.02 Å². The maximum Gasteiger partial charge on any atom is 0.322 e. The Bertz CT molecular complexity index is 1090. The van der Waals surface area contributed by atoms with E-state index in [4.69, 9.17) is 16.7 Å². The summed E-state index contributed by atoms with van der Waals surface area (Å²) in [6.45, 7) is 3.11. The SMILES string of the molecule is CSC(=NS(=O)(=O)NC(C)CCN(C)C)N1CC(c2ccccc2)C(c2ccc(Cl)cc2)=N1. The van der Waals surface area contributed by atoms with Crippen molar-refractivity contribution in [2.45, 2.75) is 25.3 Å². The lowest BCUT2D eigenvalue weighted by Crippen LogP contribution is -2.35. The summed E-state index contributed by atoms with van der Waals surface area (Å²) in [4.78, 5) is 2.02. The first-order chi connectivity index (χ1) is 15.7. The Morgan fingerprint density at radius 1 is 1.24 bits per heavy atom. The number of nitrogens with one attached hydrogen (secondary N) is 1. The third-order valence-corrected chi connectivity index (χ3v) is 7.37. The largest absolute Gasteiger partial charge is 0.322 e. The van der Waals surface area contributed by atoms with Crippen LogP contribution in [0.4, 0.5) is 0 Å². The summed E-state index contributed by atoms with van der Waals surface area (Å²) in [6.07, 6.45) is 2.49. The molecule has 1 N–H and O–H groups in total. The van der Waals surface area contributed by atoms with Crippen LogP contribution in [0.15, 0.2) is 64.1 Å². The van der Waals surface area contributed by atoms with Gasteiger partial charge in [-0.2, -0.15) is 18.2 Å². The van der Waals surface area contributed by atoms with E-state index in [1.807, 2.05) is 68.4 Å². The van der Waals surface area contributed by atoms with Crippen molar-refractivity contribution in [3.63, 3.8) is 0 Å². The van der Waals surface area contributed by atoms with Crippen LogP contribution in [-0.4, -0.2) is 68.7 Å². The van der Waals surface area contributed by atoms with E-state index in [0.29, 0.717) is 23.2 Å². The number of benzene rings is 2. The summed E-state index contributed by atoms with van der Waals surface area (Å²) >= 11 is 7.33. The second-order valence-corrected chi connectivity index (χ2v) is 10.8. The fourth-order valence-electron chi connectivity index (χ4n) is 3.53. The molecule has 0 bridgehead atoms. The van der Waals surface area contributed by atoms with Gasteiger partial charge in [-0.05, 0) is 63.5 Å². The predicted molar refractivity (Wildman–Crippen MR) is 140 cm³/mol. The highest BCUT2D eigenvalue weighted by molar-refractivity contribution is 8.13. The van der Waals surface area contributed by atoms with E-state index < -0.39 is 10.2 Å². The second kappa shape index (κ2) is 11.5. The van der Waals surface area contributed by atoms with Crippen molar-refractivity contribution in [2.24, 2.45) is 9.50 Å². The molecule has 0 saturated carbocycles. The number of hydrogen-bond donors (Lipinski definition) is 1. The van der Waals surface area contributed by atoms with Crippen LogP contribution in [0.1, 0.15) is 30.4 Å². The molecule has 1 heterocycles. The third kappa shape index (κ3) is 7.28. The van der Waals surface area contributed by atoms with Crippen LogP contribution >= 0.6 is 23.4 Å². The van der Waals surface area contributed by atoms with Crippen molar-refractivity contribution in [3.8, 4) is 0 Å². The number of thioether (sulfide) groups is 1. The van der Waals surface area contributed by atoms with E-state index in [2.05, 4.69) is 21.3 Å². The normalized spacial score (nSPS) is 18.0. The van der Waals surface area contributed by atoms with Crippen molar-refractivity contribution >= 4 is 44.5 Å². The summed E-state index contributed by atoms with van der Waals surface area (Å²) < 4.78 is 32.2. The number of hydrogen-bond acceptors (Lipinski definition) is 5. The Morgan fingerprint density at radius 2 is 1.91 bits per heavy atom. The van der Waals surface area contributed by atoms with Crippen molar-refractivity contribution in [1.82, 2.24) is 14.6 Å². The van der Waals surface area contributed by atoms with E-state index in [1.165, 1.54) is 11.8 Å². The molecule has 0 fully saturated rings. The highest BCUT2D eigenvalue weighted by Gasteiger charge is 2.32. The lowest BCUT2D eigenvalue weighted by molar-refractivity contribution is 0.379. The van der Waals surface area contributed by atoms with Crippen molar-refractivity contribution in [2.75, 3.05) is 33.4 Å². The van der Waals surface area contributed by atoms with Crippen LogP contribution < -0.4 is 4.72 Å². The summed E-state index contributed by atoms with van der Waals surface area (Å²) in [5.41, 5.74) is 2.89. The Balaban J connectivity index is 1.88. The minimum Gasteiger partial charge on any atom is -0.309 e. The topological polar surface area (TPSA) is 77.4 Å². The summed E-state index contributed by atoms with van der Waals surface area (Å²) in [5, 5.41) is 7.45. The molecule has 178 valence electrons. The van der Waals surface area contributed by atoms with E-state index >= 15 is 0 Å². The first-order valence-corrected chi connectivity index (χ1v) is 13.7. The van der Waals surface area contributed by atoms with Gasteiger partial charge in [-0.3, -0.25) is 0 Å². The Labute approximate surface area is 206 Å². The first kappa shape index (κ1) is 25.7. The van der Waals surface area contributed by atoms with Gasteiger partial charge in [0.05, 0.1) is 12.3 Å². The molecule has 2 aromatic carbocycles. The Kier molecular flexibility index (Phi) is 8.95. The van der Waals surface area contributed by atoms with Gasteiger partial charge in [0.25, 0.3) is 0 Å². The van der Waals surface area contributed by atoms with Gasteiger partial charge in [0.15, 0.2) is 5.17 Å². The molecule has 33 heavy (non-hydrogen) atoms. The summed E-state index contributed by atoms with van der Waals surface area (Å²) in [5.74, 6) is -0.0283. The van der Waals surface area contributed by atoms with Gasteiger partial charge >= 0.3 is 10.2 Å². The van der Waals surface area contributed by atoms with Gasteiger partial charge < -0.3 is 4.90 Å². The third-order valence-electron chi connectivity index (χ3n) is 5.22. The molecule has 1 aliphatic rings. The maximum absolute atomic E-state index is 12.7. The van der Waals surface area contributed by atoms with Crippen LogP contribution in [-0.2, 0) is 10.2 Å². The molecule has 2 unspecified atom stereocenters. The zero-order valence-corrected chi connectivity index (χ0v) is 21.7. The molecule has 2 atom stereocenters. The standard InChI is InChI=1S/C23H30ClN5O2S2/c1-17(14-15-28(2)3)26-33(30,31)27-23(32-4)29-16-21(18-8-6-5-7-9-18)22(25-29)19-10-12-20(24)13-11-19/h5-13,17,21,26H,14-16H2,1-4H3. The average Bonchev–Trinajstić information content (AvgIpc) is 3.22. The van der Waals surface area contributed by atoms with Gasteiger partial charge in [-0.25, -0.2) is 5.01 Å². The maximum atomic E-state index is 12.7. The second-order valence-electron chi connectivity index (χ2n) is 8.20. The van der Waals surface area contributed by atoms with Crippen LogP contribution in [0.3, 0.4) is 0 Å². The fourth-order valence-corrected chi connectivity index (χ4v) is 5.56.